The highest BCUT2D eigenvalue weighted by molar-refractivity contribution is 7.99. The lowest BCUT2D eigenvalue weighted by Crippen LogP contribution is -3.27. The average Bonchev–Trinajstić information content (AvgIpc) is 2.43. The molecule has 4 nitrogen and oxygen atoms in total. The van der Waals surface area contributed by atoms with Crippen molar-refractivity contribution in [2.45, 2.75) is 10.7 Å². The van der Waals surface area contributed by atoms with E-state index in [4.69, 9.17) is 0 Å². The first-order valence-corrected chi connectivity index (χ1v) is 7.90. The van der Waals surface area contributed by atoms with Gasteiger partial charge in [0, 0.05) is 10.6 Å². The molecule has 0 saturated carbocycles. The topological polar surface area (TPSA) is 38.0 Å². The Morgan fingerprint density at radius 3 is 2.43 bits per heavy atom. The quantitative estimate of drug-likeness (QED) is 0.632. The van der Waals surface area contributed by atoms with E-state index in [2.05, 4.69) is 12.4 Å². The van der Waals surface area contributed by atoms with Crippen LogP contribution in [-0.4, -0.2) is 51.4 Å². The zero-order valence-corrected chi connectivity index (χ0v) is 12.8. The Bertz CT molecular complexity index is 462. The lowest BCUT2D eigenvalue weighted by atomic mass is 10.3. The van der Waals surface area contributed by atoms with Crippen LogP contribution in [0.25, 0.3) is 0 Å². The molecule has 0 spiro atoms. The minimum Gasteiger partial charge on any atom is -0.328 e. The van der Waals surface area contributed by atoms with E-state index in [1.807, 2.05) is 0 Å². The molecule has 21 heavy (non-hydrogen) atoms. The Morgan fingerprint density at radius 2 is 1.86 bits per heavy atom. The predicted octanol–water partition coefficient (Wildman–Crippen LogP) is -0.647. The van der Waals surface area contributed by atoms with Crippen LogP contribution in [0.15, 0.2) is 29.2 Å². The summed E-state index contributed by atoms with van der Waals surface area (Å²) in [5.74, 6) is -2.45. The van der Waals surface area contributed by atoms with Crippen LogP contribution < -0.4 is 15.1 Å². The Labute approximate surface area is 127 Å². The van der Waals surface area contributed by atoms with E-state index >= 15 is 0 Å². The summed E-state index contributed by atoms with van der Waals surface area (Å²) < 4.78 is 24.4. The molecule has 1 aliphatic heterocycles. The Hall–Kier alpha value is -1.18. The van der Waals surface area contributed by atoms with E-state index in [9.17, 15) is 13.6 Å². The fraction of sp³-hybridized carbons (Fsp3) is 0.500. The minimum absolute atomic E-state index is 0.0289. The van der Waals surface area contributed by atoms with Gasteiger partial charge in [0.15, 0.2) is 6.54 Å². The molecular weight excluding hydrogens is 296 g/mol. The van der Waals surface area contributed by atoms with Crippen molar-refractivity contribution < 1.29 is 23.4 Å². The number of halogens is 2. The third-order valence-corrected chi connectivity index (χ3v) is 4.31. The summed E-state index contributed by atoms with van der Waals surface area (Å²) in [6.07, 6.45) is 0. The van der Waals surface area contributed by atoms with Crippen molar-refractivity contribution >= 4 is 23.4 Å². The van der Waals surface area contributed by atoms with E-state index in [1.165, 1.54) is 9.80 Å². The number of nitrogens with one attached hydrogen (secondary N) is 3. The predicted molar refractivity (Wildman–Crippen MR) is 79.1 cm³/mol. The highest BCUT2D eigenvalue weighted by atomic mass is 32.2. The van der Waals surface area contributed by atoms with Crippen LogP contribution >= 0.6 is 11.8 Å². The number of rotatable bonds is 5. The van der Waals surface area contributed by atoms with Crippen LogP contribution in [0.1, 0.15) is 0 Å². The van der Waals surface area contributed by atoms with E-state index in [0.717, 1.165) is 26.2 Å². The number of likely N-dealkylation sites (N-methyl/N-ethyl adjacent to an activating group) is 1. The van der Waals surface area contributed by atoms with Crippen LogP contribution in [0.2, 0.25) is 0 Å². The van der Waals surface area contributed by atoms with Gasteiger partial charge in [0.2, 0.25) is 0 Å². The van der Waals surface area contributed by atoms with Gasteiger partial charge in [-0.05, 0) is 24.3 Å². The van der Waals surface area contributed by atoms with Gasteiger partial charge in [0.25, 0.3) is 11.7 Å². The highest BCUT2D eigenvalue weighted by Crippen LogP contribution is 2.25. The molecule has 0 bridgehead atoms. The molecule has 1 heterocycles. The van der Waals surface area contributed by atoms with Crippen molar-refractivity contribution in [3.8, 4) is 0 Å². The number of hydrogen-bond acceptors (Lipinski definition) is 2. The largest absolute Gasteiger partial charge is 0.328 e. The van der Waals surface area contributed by atoms with E-state index in [-0.39, 0.29) is 5.91 Å². The van der Waals surface area contributed by atoms with Crippen molar-refractivity contribution in [2.24, 2.45) is 0 Å². The number of piperazine rings is 1. The fourth-order valence-corrected chi connectivity index (χ4v) is 2.86. The minimum atomic E-state index is -2.42. The van der Waals surface area contributed by atoms with Crippen molar-refractivity contribution in [1.82, 2.24) is 0 Å². The zero-order chi connectivity index (χ0) is 15.2. The maximum Gasteiger partial charge on any atom is 0.288 e. The lowest BCUT2D eigenvalue weighted by Gasteiger charge is -2.26. The van der Waals surface area contributed by atoms with Crippen LogP contribution in [0.3, 0.4) is 0 Å². The lowest BCUT2D eigenvalue weighted by molar-refractivity contribution is -0.999. The van der Waals surface area contributed by atoms with Crippen LogP contribution in [-0.2, 0) is 4.79 Å². The van der Waals surface area contributed by atoms with E-state index < -0.39 is 5.76 Å². The molecule has 0 radical (unpaired) electrons. The molecule has 0 unspecified atom stereocenters. The highest BCUT2D eigenvalue weighted by Gasteiger charge is 2.22. The van der Waals surface area contributed by atoms with Crippen LogP contribution in [0, 0.1) is 0 Å². The van der Waals surface area contributed by atoms with Gasteiger partial charge in [0.05, 0.1) is 7.05 Å². The van der Waals surface area contributed by atoms with Crippen molar-refractivity contribution in [3.63, 3.8) is 0 Å². The summed E-state index contributed by atoms with van der Waals surface area (Å²) in [4.78, 5) is 15.3. The van der Waals surface area contributed by atoms with E-state index in [1.54, 1.807) is 24.3 Å². The molecule has 1 aromatic carbocycles. The summed E-state index contributed by atoms with van der Waals surface area (Å²) in [7, 11) is 2.16. The molecule has 0 aromatic heterocycles. The molecule has 1 fully saturated rings. The van der Waals surface area contributed by atoms with Crippen molar-refractivity contribution in [3.05, 3.63) is 24.3 Å². The standard InChI is InChI=1S/C14H19F2N3OS/c1-18-6-8-19(9-7-18)10-13(20)17-11-2-4-12(5-3-11)21-14(15)16/h2-5,14H,6-10H2,1H3,(H,17,20)/p+2. The first-order valence-electron chi connectivity index (χ1n) is 7.02. The van der Waals surface area contributed by atoms with Crippen LogP contribution in [0.4, 0.5) is 14.5 Å². The Balaban J connectivity index is 1.79. The van der Waals surface area contributed by atoms with Crippen molar-refractivity contribution in [1.29, 1.82) is 0 Å². The number of benzene rings is 1. The SMILES string of the molecule is C[NH+]1CC[NH+](CC(=O)Nc2ccc(SC(F)F)cc2)CC1. The maximum absolute atomic E-state index is 12.2. The third-order valence-electron chi connectivity index (χ3n) is 3.58. The smallest absolute Gasteiger partial charge is 0.288 e. The molecule has 0 aliphatic carbocycles. The molecule has 1 aliphatic rings. The number of alkyl halides is 2. The normalized spacial score (nSPS) is 22.3. The number of hydrogen-bond donors (Lipinski definition) is 3. The third kappa shape index (κ3) is 5.61. The second kappa shape index (κ2) is 7.72. The number of amides is 1. The fourth-order valence-electron chi connectivity index (χ4n) is 2.36. The van der Waals surface area contributed by atoms with Crippen molar-refractivity contribution in [2.75, 3.05) is 45.1 Å². The number of carbonyl (C=O) groups is 1. The number of anilines is 1. The maximum atomic E-state index is 12.2. The summed E-state index contributed by atoms with van der Waals surface area (Å²) in [6.45, 7) is 4.64. The van der Waals surface area contributed by atoms with Gasteiger partial charge in [-0.3, -0.25) is 4.79 Å². The second-order valence-corrected chi connectivity index (χ2v) is 6.40. The molecule has 116 valence electrons. The number of thioether (sulfide) groups is 1. The monoisotopic (exact) mass is 317 g/mol. The first-order chi connectivity index (χ1) is 10.0. The first kappa shape index (κ1) is 16.2. The summed E-state index contributed by atoms with van der Waals surface area (Å²) >= 11 is 0.502. The van der Waals surface area contributed by atoms with Gasteiger partial charge in [0.1, 0.15) is 26.2 Å². The molecule has 1 amide bonds. The van der Waals surface area contributed by atoms with E-state index in [0.29, 0.717) is 28.9 Å². The molecule has 3 N–H and O–H groups in total. The molecule has 1 aromatic rings. The molecule has 2 rings (SSSR count). The Kier molecular flexibility index (Phi) is 5.96. The van der Waals surface area contributed by atoms with Gasteiger partial charge >= 0.3 is 0 Å². The number of carbonyl (C=O) groups excluding carboxylic acids is 1. The second-order valence-electron chi connectivity index (χ2n) is 5.33. The summed E-state index contributed by atoms with van der Waals surface area (Å²) in [5.41, 5.74) is 0.651. The summed E-state index contributed by atoms with van der Waals surface area (Å²) in [5, 5.41) is 2.82. The van der Waals surface area contributed by atoms with Gasteiger partial charge in [-0.2, -0.15) is 8.78 Å². The van der Waals surface area contributed by atoms with Gasteiger partial charge < -0.3 is 15.1 Å². The molecule has 7 heteroatoms. The average molecular weight is 317 g/mol. The Morgan fingerprint density at radius 1 is 1.24 bits per heavy atom. The summed E-state index contributed by atoms with van der Waals surface area (Å²) in [6, 6.07) is 6.51. The zero-order valence-electron chi connectivity index (χ0n) is 12.0. The van der Waals surface area contributed by atoms with Gasteiger partial charge in [-0.25, -0.2) is 0 Å². The van der Waals surface area contributed by atoms with Gasteiger partial charge in [-0.1, -0.05) is 11.8 Å². The van der Waals surface area contributed by atoms with Gasteiger partial charge in [-0.15, -0.1) is 0 Å². The molecule has 0 atom stereocenters. The molecular formula is C14H21F2N3OS+2. The number of quaternary nitrogens is 2. The van der Waals surface area contributed by atoms with Crippen LogP contribution in [0.5, 0.6) is 0 Å². The molecule has 1 saturated heterocycles.